The van der Waals surface area contributed by atoms with Gasteiger partial charge in [-0.2, -0.15) is 0 Å². The highest BCUT2D eigenvalue weighted by Crippen LogP contribution is 2.70. The van der Waals surface area contributed by atoms with Crippen LogP contribution in [-0.4, -0.2) is 6.54 Å². The standard InChI is InChI=1S/C68H67N3O12P4/c1-8-24-52-55-39-54-51(34-23-36-70-71-69)46-37-42(4)61-59(38-46)68(35-10-3)60-41-58-53(25-9-2)57-40-56(52)64(78-85(73,48-28-17-12-18-29-48)77-63(55)43(5)62(54)81-87(75,83-68)50-32-21-14-22-33-50)44(6)65(57)79-86(74,49-30-19-13-20-31-49)80-66(58)45(7)67(60)82-84(72,76-61)47-26-15-11-16-27-47/h11-22,26-33,37-41,51-53H,8-10,23-25,34-36H2,1-7H3. The van der Waals surface area contributed by atoms with Crippen molar-refractivity contribution in [2.75, 3.05) is 6.54 Å². The summed E-state index contributed by atoms with van der Waals surface area (Å²) in [5.74, 6) is -0.490. The third kappa shape index (κ3) is 9.73. The Hall–Kier alpha value is -7.45. The average molecular weight is 1240 g/mol. The van der Waals surface area contributed by atoms with Crippen molar-refractivity contribution in [2.24, 2.45) is 5.11 Å². The molecule has 19 heteroatoms. The summed E-state index contributed by atoms with van der Waals surface area (Å²) in [5.41, 5.74) is 14.3. The molecule has 15 nitrogen and oxygen atoms in total. The first-order valence-corrected chi connectivity index (χ1v) is 36.1. The first-order chi connectivity index (χ1) is 42.0. The van der Waals surface area contributed by atoms with Crippen LogP contribution < -0.4 is 52.9 Å². The molecule has 0 N–H and O–H groups in total. The van der Waals surface area contributed by atoms with Gasteiger partial charge >= 0.3 is 30.4 Å². The van der Waals surface area contributed by atoms with Crippen molar-refractivity contribution in [1.29, 1.82) is 0 Å². The molecule has 0 radical (unpaired) electrons. The van der Waals surface area contributed by atoms with Crippen LogP contribution in [0.15, 0.2) is 157 Å². The van der Waals surface area contributed by atoms with Crippen molar-refractivity contribution in [1.82, 2.24) is 0 Å². The first kappa shape index (κ1) is 58.6. The third-order valence-corrected chi connectivity index (χ3v) is 24.8. The van der Waals surface area contributed by atoms with Gasteiger partial charge in [-0.1, -0.05) is 124 Å². The number of benzene rings is 8. The highest BCUT2D eigenvalue weighted by molar-refractivity contribution is 7.64. The number of hydrogen-bond acceptors (Lipinski definition) is 13. The molecule has 8 unspecified atom stereocenters. The maximum Gasteiger partial charge on any atom is 0.462 e. The maximum absolute atomic E-state index is 17.7. The van der Waals surface area contributed by atoms with Gasteiger partial charge in [0.15, 0.2) is 0 Å². The SMILES string of the molecule is CCCC1c2cc3c4c(C)c2OP(=O)(c2ccccc2)Oc2c1cc1c(c2C)OP(=O)(c2ccccc2)Oc2c(cc5c(c2C)OP(=O)(c2ccccc2)Oc2c(C)cc(cc2C5(CCC)OP(=O)(c2ccccc2)O4)C3CCCN=[N+]=[N-])C1CCC. The van der Waals surface area contributed by atoms with Crippen LogP contribution in [0.2, 0.25) is 0 Å². The Kier molecular flexibility index (Phi) is 15.2. The largest absolute Gasteiger partial charge is 0.462 e. The minimum absolute atomic E-state index is 0.0362. The molecule has 0 amide bonds. The van der Waals surface area contributed by atoms with Gasteiger partial charge in [0.1, 0.15) is 45.8 Å². The Morgan fingerprint density at radius 1 is 0.437 bits per heavy atom. The van der Waals surface area contributed by atoms with E-state index in [-0.39, 0.29) is 74.4 Å². The van der Waals surface area contributed by atoms with E-state index in [0.717, 1.165) is 5.56 Å². The predicted octanol–water partition coefficient (Wildman–Crippen LogP) is 18.2. The minimum atomic E-state index is -4.86. The molecule has 8 aromatic carbocycles. The van der Waals surface area contributed by atoms with Crippen LogP contribution in [-0.2, 0) is 28.4 Å². The van der Waals surface area contributed by atoms with Gasteiger partial charge in [-0.3, -0.25) is 4.52 Å². The molecule has 0 fully saturated rings. The van der Waals surface area contributed by atoms with E-state index in [4.69, 9.17) is 36.2 Å². The maximum atomic E-state index is 17.7. The summed E-state index contributed by atoms with van der Waals surface area (Å²) in [5, 5.41) is 4.98. The van der Waals surface area contributed by atoms with Gasteiger partial charge < -0.3 is 31.7 Å². The van der Waals surface area contributed by atoms with Crippen LogP contribution in [0.3, 0.4) is 0 Å². The van der Waals surface area contributed by atoms with Gasteiger partial charge in [-0.05, 0) is 149 Å². The lowest BCUT2D eigenvalue weighted by Crippen LogP contribution is -2.37. The van der Waals surface area contributed by atoms with Crippen molar-refractivity contribution in [3.63, 3.8) is 0 Å². The molecule has 87 heavy (non-hydrogen) atoms. The van der Waals surface area contributed by atoms with E-state index in [2.05, 4.69) is 29.9 Å². The minimum Gasteiger partial charge on any atom is -0.420 e. The van der Waals surface area contributed by atoms with E-state index in [1.807, 2.05) is 76.2 Å². The van der Waals surface area contributed by atoms with Crippen molar-refractivity contribution < 1.29 is 54.5 Å². The fourth-order valence-electron chi connectivity index (χ4n) is 13.6. The second kappa shape index (κ2) is 22.6. The van der Waals surface area contributed by atoms with E-state index >= 15 is 18.3 Å². The molecule has 0 aliphatic carbocycles. The van der Waals surface area contributed by atoms with Gasteiger partial charge in [-0.25, -0.2) is 18.3 Å². The molecule has 8 atom stereocenters. The smallest absolute Gasteiger partial charge is 0.420 e. The van der Waals surface area contributed by atoms with Crippen LogP contribution in [0.4, 0.5) is 0 Å². The number of nitrogens with zero attached hydrogens (tertiary/aromatic N) is 3. The zero-order chi connectivity index (χ0) is 60.6. The van der Waals surface area contributed by atoms with Crippen LogP contribution in [0.1, 0.15) is 157 Å². The fraction of sp³-hybridized carbons (Fsp3) is 0.294. The molecule has 0 saturated carbocycles. The molecule has 4 heterocycles. The molecule has 0 saturated heterocycles. The molecule has 446 valence electrons. The van der Waals surface area contributed by atoms with Crippen LogP contribution >= 0.6 is 30.4 Å². The molecule has 0 aromatic heterocycles. The van der Waals surface area contributed by atoms with Gasteiger partial charge in [0, 0.05) is 84.8 Å². The van der Waals surface area contributed by atoms with Gasteiger partial charge in [0.05, 0.1) is 21.2 Å². The molecule has 4 aliphatic rings. The van der Waals surface area contributed by atoms with Crippen LogP contribution in [0.25, 0.3) is 10.4 Å². The normalized spacial score (nSPS) is 25.1. The lowest BCUT2D eigenvalue weighted by molar-refractivity contribution is 0.0835. The van der Waals surface area contributed by atoms with Crippen LogP contribution in [0.5, 0.6) is 40.2 Å². The second-order valence-electron chi connectivity index (χ2n) is 23.2. The first-order valence-electron chi connectivity index (χ1n) is 29.9. The zero-order valence-electron chi connectivity index (χ0n) is 49.6. The summed E-state index contributed by atoms with van der Waals surface area (Å²) in [4.78, 5) is 3.14. The molecule has 8 aromatic rings. The van der Waals surface area contributed by atoms with E-state index < -0.39 is 53.7 Å². The summed E-state index contributed by atoms with van der Waals surface area (Å²) in [7, 11) is -18.6. The van der Waals surface area contributed by atoms with Crippen molar-refractivity contribution in [3.05, 3.63) is 229 Å². The fourth-order valence-corrected chi connectivity index (χ4v) is 20.8. The van der Waals surface area contributed by atoms with Crippen molar-refractivity contribution in [3.8, 4) is 40.2 Å². The summed E-state index contributed by atoms with van der Waals surface area (Å²) in [6.07, 6.45) is 3.69. The molecule has 12 rings (SSSR count). The quantitative estimate of drug-likeness (QED) is 0.0330. The van der Waals surface area contributed by atoms with Gasteiger partial charge in [0.25, 0.3) is 0 Å². The monoisotopic (exact) mass is 1240 g/mol. The number of aryl methyl sites for hydroxylation is 1. The third-order valence-electron chi connectivity index (χ3n) is 17.6. The highest BCUT2D eigenvalue weighted by Gasteiger charge is 2.55. The Morgan fingerprint density at radius 3 is 1.23 bits per heavy atom. The van der Waals surface area contributed by atoms with E-state index in [0.29, 0.717) is 106 Å². The second-order valence-corrected chi connectivity index (χ2v) is 30.7. The average Bonchev–Trinajstić information content (AvgIpc) is 0.730. The number of fused-ring (bicyclic) bond motifs is 8. The molecule has 4 aliphatic heterocycles. The summed E-state index contributed by atoms with van der Waals surface area (Å²) < 4.78 is 126. The van der Waals surface area contributed by atoms with Crippen molar-refractivity contribution >= 4 is 51.6 Å². The van der Waals surface area contributed by atoms with E-state index in [1.54, 1.807) is 104 Å². The Labute approximate surface area is 507 Å². The molecule has 0 spiro atoms. The molecular formula is C68H67N3O12P4. The number of hydrogen-bond donors (Lipinski definition) is 0. The Morgan fingerprint density at radius 2 is 0.805 bits per heavy atom. The van der Waals surface area contributed by atoms with Crippen LogP contribution in [0, 0.1) is 27.7 Å². The zero-order valence-corrected chi connectivity index (χ0v) is 53.1. The van der Waals surface area contributed by atoms with E-state index in [9.17, 15) is 5.53 Å². The van der Waals surface area contributed by atoms with Crippen molar-refractivity contribution in [2.45, 2.75) is 123 Å². The Balaban J connectivity index is 1.30. The number of azide groups is 1. The lowest BCUT2D eigenvalue weighted by atomic mass is 9.74. The Bertz CT molecular complexity index is 4320. The van der Waals surface area contributed by atoms with Gasteiger partial charge in [0.2, 0.25) is 0 Å². The van der Waals surface area contributed by atoms with Gasteiger partial charge in [-0.15, -0.1) is 0 Å². The van der Waals surface area contributed by atoms with E-state index in [1.165, 1.54) is 0 Å². The topological polar surface area (TPSA) is 191 Å². The molecular weight excluding hydrogens is 1170 g/mol. The highest BCUT2D eigenvalue weighted by atomic mass is 31.2. The predicted molar refractivity (Wildman–Crippen MR) is 339 cm³/mol. The summed E-state index contributed by atoms with van der Waals surface area (Å²) >= 11 is 0. The number of rotatable bonds is 14. The summed E-state index contributed by atoms with van der Waals surface area (Å²) in [6, 6.07) is 45.3. The summed E-state index contributed by atoms with van der Waals surface area (Å²) in [6.45, 7) is 13.8. The lowest BCUT2D eigenvalue weighted by Gasteiger charge is -2.44. The molecule has 2 bridgehead atoms.